The van der Waals surface area contributed by atoms with E-state index in [1.807, 2.05) is 6.07 Å². The normalized spacial score (nSPS) is 11.2. The molecule has 0 spiro atoms. The molecule has 0 saturated carbocycles. The van der Waals surface area contributed by atoms with Crippen LogP contribution < -0.4 is 9.47 Å². The molecule has 0 atom stereocenters. The van der Waals surface area contributed by atoms with E-state index in [2.05, 4.69) is 39.8 Å². The summed E-state index contributed by atoms with van der Waals surface area (Å²) in [6.07, 6.45) is 0.992. The van der Waals surface area contributed by atoms with Crippen molar-refractivity contribution in [3.63, 3.8) is 0 Å². The third-order valence-corrected chi connectivity index (χ3v) is 3.95. The van der Waals surface area contributed by atoms with Gasteiger partial charge in [0.15, 0.2) is 0 Å². The van der Waals surface area contributed by atoms with Gasteiger partial charge in [-0.05, 0) is 47.2 Å². The standard InChI is InChI=1S/C21H26O4/c1-5-15-9-10-19(18(13-15)21(2,3)4)25-12-11-24-17-8-6-7-16(14-17)20(22)23/h6-10,13-14H,5,11-12H2,1-4H3,(H,22,23). The molecule has 0 amide bonds. The van der Waals surface area contributed by atoms with Crippen molar-refractivity contribution in [1.29, 1.82) is 0 Å². The second kappa shape index (κ2) is 8.06. The van der Waals surface area contributed by atoms with E-state index < -0.39 is 5.97 Å². The number of carboxylic acid groups (broad SMARTS) is 1. The zero-order valence-electron chi connectivity index (χ0n) is 15.3. The highest BCUT2D eigenvalue weighted by atomic mass is 16.5. The van der Waals surface area contributed by atoms with E-state index in [1.54, 1.807) is 12.1 Å². The fourth-order valence-corrected chi connectivity index (χ4v) is 2.54. The Morgan fingerprint density at radius 2 is 1.76 bits per heavy atom. The van der Waals surface area contributed by atoms with Crippen molar-refractivity contribution in [2.45, 2.75) is 39.5 Å². The molecule has 0 heterocycles. The van der Waals surface area contributed by atoms with Crippen molar-refractivity contribution in [2.24, 2.45) is 0 Å². The van der Waals surface area contributed by atoms with Gasteiger partial charge in [0, 0.05) is 0 Å². The number of benzene rings is 2. The lowest BCUT2D eigenvalue weighted by Gasteiger charge is -2.23. The quantitative estimate of drug-likeness (QED) is 0.741. The van der Waals surface area contributed by atoms with Crippen LogP contribution in [0.4, 0.5) is 0 Å². The van der Waals surface area contributed by atoms with Crippen molar-refractivity contribution in [3.8, 4) is 11.5 Å². The molecule has 1 N–H and O–H groups in total. The largest absolute Gasteiger partial charge is 0.490 e. The highest BCUT2D eigenvalue weighted by Gasteiger charge is 2.19. The Kier molecular flexibility index (Phi) is 6.07. The summed E-state index contributed by atoms with van der Waals surface area (Å²) in [4.78, 5) is 11.0. The fraction of sp³-hybridized carbons (Fsp3) is 0.381. The zero-order valence-corrected chi connectivity index (χ0v) is 15.3. The van der Waals surface area contributed by atoms with Crippen molar-refractivity contribution in [3.05, 3.63) is 59.2 Å². The van der Waals surface area contributed by atoms with Gasteiger partial charge in [0.2, 0.25) is 0 Å². The smallest absolute Gasteiger partial charge is 0.335 e. The van der Waals surface area contributed by atoms with Gasteiger partial charge in [0.1, 0.15) is 24.7 Å². The molecule has 2 aromatic rings. The van der Waals surface area contributed by atoms with Crippen LogP contribution in [0.15, 0.2) is 42.5 Å². The van der Waals surface area contributed by atoms with Crippen LogP contribution in [-0.2, 0) is 11.8 Å². The van der Waals surface area contributed by atoms with E-state index in [0.29, 0.717) is 19.0 Å². The minimum Gasteiger partial charge on any atom is -0.490 e. The van der Waals surface area contributed by atoms with Gasteiger partial charge in [-0.3, -0.25) is 0 Å². The Labute approximate surface area is 149 Å². The predicted molar refractivity (Wildman–Crippen MR) is 98.9 cm³/mol. The number of carboxylic acids is 1. The Balaban J connectivity index is 1.98. The van der Waals surface area contributed by atoms with Crippen molar-refractivity contribution in [2.75, 3.05) is 13.2 Å². The molecule has 0 bridgehead atoms. The first kappa shape index (κ1) is 18.8. The SMILES string of the molecule is CCc1ccc(OCCOc2cccc(C(=O)O)c2)c(C(C)(C)C)c1. The second-order valence-corrected chi connectivity index (χ2v) is 6.96. The molecule has 4 heteroatoms. The van der Waals surface area contributed by atoms with Crippen molar-refractivity contribution < 1.29 is 19.4 Å². The molecule has 0 aliphatic heterocycles. The number of ether oxygens (including phenoxy) is 2. The Morgan fingerprint density at radius 1 is 1.04 bits per heavy atom. The number of aryl methyl sites for hydroxylation is 1. The van der Waals surface area contributed by atoms with Gasteiger partial charge < -0.3 is 14.6 Å². The van der Waals surface area contributed by atoms with Crippen LogP contribution in [0.1, 0.15) is 49.2 Å². The monoisotopic (exact) mass is 342 g/mol. The third-order valence-electron chi connectivity index (χ3n) is 3.95. The molecule has 0 aliphatic carbocycles. The minimum absolute atomic E-state index is 0.00279. The molecular formula is C21H26O4. The van der Waals surface area contributed by atoms with Crippen LogP contribution in [0.5, 0.6) is 11.5 Å². The Hall–Kier alpha value is -2.49. The van der Waals surface area contributed by atoms with E-state index in [9.17, 15) is 4.79 Å². The van der Waals surface area contributed by atoms with Crippen molar-refractivity contribution >= 4 is 5.97 Å². The number of aromatic carboxylic acids is 1. The second-order valence-electron chi connectivity index (χ2n) is 6.96. The van der Waals surface area contributed by atoms with Crippen LogP contribution in [0, 0.1) is 0 Å². The molecular weight excluding hydrogens is 316 g/mol. The van der Waals surface area contributed by atoms with Gasteiger partial charge in [-0.25, -0.2) is 4.79 Å². The summed E-state index contributed by atoms with van der Waals surface area (Å²) in [5.74, 6) is 0.431. The lowest BCUT2D eigenvalue weighted by Crippen LogP contribution is -2.16. The van der Waals surface area contributed by atoms with Crippen LogP contribution in [-0.4, -0.2) is 24.3 Å². The topological polar surface area (TPSA) is 55.8 Å². The number of carbonyl (C=O) groups is 1. The highest BCUT2D eigenvalue weighted by molar-refractivity contribution is 5.87. The van der Waals surface area contributed by atoms with Gasteiger partial charge in [-0.15, -0.1) is 0 Å². The van der Waals surface area contributed by atoms with E-state index >= 15 is 0 Å². The first-order valence-electron chi connectivity index (χ1n) is 8.53. The molecule has 0 aromatic heterocycles. The summed E-state index contributed by atoms with van der Waals surface area (Å²) in [6, 6.07) is 12.8. The van der Waals surface area contributed by atoms with Crippen LogP contribution in [0.2, 0.25) is 0 Å². The van der Waals surface area contributed by atoms with Crippen molar-refractivity contribution in [1.82, 2.24) is 0 Å². The summed E-state index contributed by atoms with van der Waals surface area (Å²) >= 11 is 0. The molecule has 0 unspecified atom stereocenters. The van der Waals surface area contributed by atoms with Crippen LogP contribution >= 0.6 is 0 Å². The summed E-state index contributed by atoms with van der Waals surface area (Å²) in [6.45, 7) is 9.39. The van der Waals surface area contributed by atoms with Gasteiger partial charge in [0.05, 0.1) is 5.56 Å². The molecule has 2 rings (SSSR count). The molecule has 0 saturated heterocycles. The maximum atomic E-state index is 11.0. The van der Waals surface area contributed by atoms with Crippen LogP contribution in [0.25, 0.3) is 0 Å². The lowest BCUT2D eigenvalue weighted by atomic mass is 9.85. The van der Waals surface area contributed by atoms with E-state index in [-0.39, 0.29) is 11.0 Å². The number of hydrogen-bond donors (Lipinski definition) is 1. The fourth-order valence-electron chi connectivity index (χ4n) is 2.54. The summed E-state index contributed by atoms with van der Waals surface area (Å²) < 4.78 is 11.5. The number of hydrogen-bond acceptors (Lipinski definition) is 3. The molecule has 0 fully saturated rings. The zero-order chi connectivity index (χ0) is 18.4. The third kappa shape index (κ3) is 5.24. The Morgan fingerprint density at radius 3 is 2.40 bits per heavy atom. The van der Waals surface area contributed by atoms with E-state index in [4.69, 9.17) is 14.6 Å². The van der Waals surface area contributed by atoms with E-state index in [1.165, 1.54) is 23.3 Å². The molecule has 25 heavy (non-hydrogen) atoms. The number of rotatable bonds is 7. The molecule has 134 valence electrons. The Bertz CT molecular complexity index is 729. The minimum atomic E-state index is -0.965. The van der Waals surface area contributed by atoms with Gasteiger partial charge in [-0.2, -0.15) is 0 Å². The van der Waals surface area contributed by atoms with Gasteiger partial charge in [0.25, 0.3) is 0 Å². The van der Waals surface area contributed by atoms with Crippen LogP contribution in [0.3, 0.4) is 0 Å². The average molecular weight is 342 g/mol. The lowest BCUT2D eigenvalue weighted by molar-refractivity contribution is 0.0696. The average Bonchev–Trinajstić information content (AvgIpc) is 2.58. The summed E-state index contributed by atoms with van der Waals surface area (Å²) in [5, 5.41) is 9.00. The summed E-state index contributed by atoms with van der Waals surface area (Å²) in [5.41, 5.74) is 2.68. The highest BCUT2D eigenvalue weighted by Crippen LogP contribution is 2.32. The maximum Gasteiger partial charge on any atom is 0.335 e. The van der Waals surface area contributed by atoms with Gasteiger partial charge in [-0.1, -0.05) is 45.9 Å². The molecule has 0 radical (unpaired) electrons. The molecule has 4 nitrogen and oxygen atoms in total. The van der Waals surface area contributed by atoms with Gasteiger partial charge >= 0.3 is 5.97 Å². The first-order chi connectivity index (χ1) is 11.8. The predicted octanol–water partition coefficient (Wildman–Crippen LogP) is 4.70. The molecule has 2 aromatic carbocycles. The molecule has 0 aliphatic rings. The maximum absolute atomic E-state index is 11.0. The first-order valence-corrected chi connectivity index (χ1v) is 8.53. The summed E-state index contributed by atoms with van der Waals surface area (Å²) in [7, 11) is 0. The van der Waals surface area contributed by atoms with E-state index in [0.717, 1.165) is 12.2 Å².